The Kier molecular flexibility index (Phi) is 10.1. The molecule has 0 radical (unpaired) electrons. The molecule has 0 aliphatic heterocycles. The van der Waals surface area contributed by atoms with Gasteiger partial charge in [-0.05, 0) is 41.9 Å². The summed E-state index contributed by atoms with van der Waals surface area (Å²) in [7, 11) is -2.54. The molecule has 7 heteroatoms. The maximum atomic E-state index is 13.1. The van der Waals surface area contributed by atoms with Crippen molar-refractivity contribution >= 4 is 21.9 Å². The minimum absolute atomic E-state index is 0.205. The predicted molar refractivity (Wildman–Crippen MR) is 122 cm³/mol. The van der Waals surface area contributed by atoms with E-state index in [1.807, 2.05) is 26.0 Å². The summed E-state index contributed by atoms with van der Waals surface area (Å²) in [6.45, 7) is 13.3. The highest BCUT2D eigenvalue weighted by molar-refractivity contribution is 7.87. The van der Waals surface area contributed by atoms with Crippen LogP contribution in [0.1, 0.15) is 90.2 Å². The zero-order valence-corrected chi connectivity index (χ0v) is 20.0. The van der Waals surface area contributed by atoms with Crippen LogP contribution < -0.4 is 5.32 Å². The fourth-order valence-corrected chi connectivity index (χ4v) is 4.64. The molecule has 0 bridgehead atoms. The minimum atomic E-state index is -3.87. The van der Waals surface area contributed by atoms with E-state index in [0.29, 0.717) is 24.7 Å². The molecule has 29 heavy (non-hydrogen) atoms. The second-order valence-corrected chi connectivity index (χ2v) is 10.1. The predicted octanol–water partition coefficient (Wildman–Crippen LogP) is 5.54. The standard InChI is InChI=1S/C22H39N3O3S/c1-8-10-15-25(16-11-9-2)29(27,28)24(7)22(26)23-20-14-12-13-19(17(3)4)21(20)18(5)6/h12-14,17-18H,8-11,15-16H2,1-7H3,(H,23,26). The first kappa shape index (κ1) is 25.4. The number of carbonyl (C=O) groups excluding carboxylic acids is 1. The van der Waals surface area contributed by atoms with Gasteiger partial charge in [0.2, 0.25) is 0 Å². The summed E-state index contributed by atoms with van der Waals surface area (Å²) in [5.74, 6) is 0.515. The lowest BCUT2D eigenvalue weighted by Crippen LogP contribution is -2.47. The summed E-state index contributed by atoms with van der Waals surface area (Å²) >= 11 is 0. The molecule has 0 heterocycles. The summed E-state index contributed by atoms with van der Waals surface area (Å²) in [4.78, 5) is 12.9. The molecule has 0 fully saturated rings. The maximum absolute atomic E-state index is 13.1. The zero-order chi connectivity index (χ0) is 22.2. The second-order valence-electron chi connectivity index (χ2n) is 8.13. The molecule has 1 aromatic rings. The number of amides is 2. The van der Waals surface area contributed by atoms with Gasteiger partial charge in [-0.2, -0.15) is 12.7 Å². The molecular formula is C22H39N3O3S. The van der Waals surface area contributed by atoms with Crippen molar-refractivity contribution in [3.8, 4) is 0 Å². The number of benzene rings is 1. The Morgan fingerprint density at radius 1 is 1.00 bits per heavy atom. The number of anilines is 1. The molecule has 0 aromatic heterocycles. The van der Waals surface area contributed by atoms with Crippen LogP contribution in [-0.4, -0.2) is 43.2 Å². The topological polar surface area (TPSA) is 69.7 Å². The van der Waals surface area contributed by atoms with Gasteiger partial charge in [0.15, 0.2) is 0 Å². The van der Waals surface area contributed by atoms with Gasteiger partial charge in [0.1, 0.15) is 0 Å². The maximum Gasteiger partial charge on any atom is 0.336 e. The van der Waals surface area contributed by atoms with Gasteiger partial charge >= 0.3 is 16.2 Å². The van der Waals surface area contributed by atoms with E-state index < -0.39 is 16.2 Å². The number of hydrogen-bond acceptors (Lipinski definition) is 3. The Labute approximate surface area is 177 Å². The molecule has 0 aliphatic rings. The van der Waals surface area contributed by atoms with Crippen molar-refractivity contribution in [3.05, 3.63) is 29.3 Å². The molecule has 1 rings (SSSR count). The molecule has 1 aromatic carbocycles. The molecule has 2 amide bonds. The van der Waals surface area contributed by atoms with Gasteiger partial charge in [0.25, 0.3) is 0 Å². The van der Waals surface area contributed by atoms with Gasteiger partial charge in [-0.1, -0.05) is 66.5 Å². The number of unbranched alkanes of at least 4 members (excludes halogenated alkanes) is 2. The van der Waals surface area contributed by atoms with E-state index in [1.54, 1.807) is 0 Å². The number of carbonyl (C=O) groups is 1. The highest BCUT2D eigenvalue weighted by Gasteiger charge is 2.30. The SMILES string of the molecule is CCCCN(CCCC)S(=O)(=O)N(C)C(=O)Nc1cccc(C(C)C)c1C(C)C. The van der Waals surface area contributed by atoms with Crippen molar-refractivity contribution in [1.82, 2.24) is 8.61 Å². The molecule has 0 aliphatic carbocycles. The molecular weight excluding hydrogens is 386 g/mol. The summed E-state index contributed by atoms with van der Waals surface area (Å²) in [6.07, 6.45) is 3.33. The van der Waals surface area contributed by atoms with Crippen molar-refractivity contribution in [2.45, 2.75) is 79.1 Å². The number of rotatable bonds is 11. The van der Waals surface area contributed by atoms with Crippen molar-refractivity contribution in [1.29, 1.82) is 0 Å². The Morgan fingerprint density at radius 3 is 2.00 bits per heavy atom. The first-order valence-electron chi connectivity index (χ1n) is 10.8. The average molecular weight is 426 g/mol. The summed E-state index contributed by atoms with van der Waals surface area (Å²) in [5, 5.41) is 2.84. The molecule has 166 valence electrons. The van der Waals surface area contributed by atoms with Gasteiger partial charge in [-0.3, -0.25) is 0 Å². The van der Waals surface area contributed by atoms with Crippen LogP contribution >= 0.6 is 0 Å². The van der Waals surface area contributed by atoms with Crippen LogP contribution in [-0.2, 0) is 10.2 Å². The fraction of sp³-hybridized carbons (Fsp3) is 0.682. The molecule has 0 saturated carbocycles. The van der Waals surface area contributed by atoms with Gasteiger partial charge in [-0.25, -0.2) is 9.10 Å². The molecule has 0 atom stereocenters. The Morgan fingerprint density at radius 2 is 1.55 bits per heavy atom. The van der Waals surface area contributed by atoms with Gasteiger partial charge in [0.05, 0.1) is 0 Å². The highest BCUT2D eigenvalue weighted by Crippen LogP contribution is 2.32. The van der Waals surface area contributed by atoms with Crippen LogP contribution in [0.15, 0.2) is 18.2 Å². The Bertz CT molecular complexity index is 753. The first-order valence-corrected chi connectivity index (χ1v) is 12.1. The monoisotopic (exact) mass is 425 g/mol. The zero-order valence-electron chi connectivity index (χ0n) is 19.2. The van der Waals surface area contributed by atoms with E-state index in [4.69, 9.17) is 0 Å². The normalized spacial score (nSPS) is 12.1. The smallest absolute Gasteiger partial charge is 0.307 e. The lowest BCUT2D eigenvalue weighted by Gasteiger charge is -2.28. The van der Waals surface area contributed by atoms with Crippen LogP contribution in [0.5, 0.6) is 0 Å². The van der Waals surface area contributed by atoms with Gasteiger partial charge in [0, 0.05) is 25.8 Å². The average Bonchev–Trinajstić information content (AvgIpc) is 2.66. The van der Waals surface area contributed by atoms with Crippen molar-refractivity contribution < 1.29 is 13.2 Å². The van der Waals surface area contributed by atoms with Crippen molar-refractivity contribution in [3.63, 3.8) is 0 Å². The summed E-state index contributed by atoms with van der Waals surface area (Å²) in [5.41, 5.74) is 2.89. The van der Waals surface area contributed by atoms with Crippen LogP contribution in [0.25, 0.3) is 0 Å². The Balaban J connectivity index is 3.13. The molecule has 6 nitrogen and oxygen atoms in total. The van der Waals surface area contributed by atoms with Crippen LogP contribution in [0.2, 0.25) is 0 Å². The van der Waals surface area contributed by atoms with E-state index in [-0.39, 0.29) is 5.92 Å². The minimum Gasteiger partial charge on any atom is -0.307 e. The Hall–Kier alpha value is -1.60. The molecule has 1 N–H and O–H groups in total. The quantitative estimate of drug-likeness (QED) is 0.506. The molecule has 0 saturated heterocycles. The van der Waals surface area contributed by atoms with Gasteiger partial charge in [-0.15, -0.1) is 0 Å². The van der Waals surface area contributed by atoms with E-state index in [2.05, 4.69) is 39.1 Å². The van der Waals surface area contributed by atoms with Gasteiger partial charge < -0.3 is 5.32 Å². The first-order chi connectivity index (χ1) is 13.6. The summed E-state index contributed by atoms with van der Waals surface area (Å²) in [6, 6.07) is 5.17. The van der Waals surface area contributed by atoms with Crippen LogP contribution in [0.4, 0.5) is 10.5 Å². The van der Waals surface area contributed by atoms with Crippen molar-refractivity contribution in [2.24, 2.45) is 0 Å². The van der Waals surface area contributed by atoms with E-state index in [1.165, 1.54) is 11.4 Å². The number of nitrogens with zero attached hydrogens (tertiary/aromatic N) is 2. The van der Waals surface area contributed by atoms with Crippen LogP contribution in [0, 0.1) is 0 Å². The third kappa shape index (κ3) is 6.71. The third-order valence-corrected chi connectivity index (χ3v) is 6.94. The highest BCUT2D eigenvalue weighted by atomic mass is 32.2. The number of urea groups is 1. The van der Waals surface area contributed by atoms with E-state index in [0.717, 1.165) is 41.1 Å². The second kappa shape index (κ2) is 11.6. The number of nitrogens with one attached hydrogen (secondary N) is 1. The van der Waals surface area contributed by atoms with Crippen LogP contribution in [0.3, 0.4) is 0 Å². The fourth-order valence-electron chi connectivity index (χ4n) is 3.32. The largest absolute Gasteiger partial charge is 0.336 e. The molecule has 0 spiro atoms. The third-order valence-electron chi connectivity index (χ3n) is 5.06. The number of hydrogen-bond donors (Lipinski definition) is 1. The molecule has 0 unspecified atom stereocenters. The summed E-state index contributed by atoms with van der Waals surface area (Å²) < 4.78 is 28.4. The van der Waals surface area contributed by atoms with Crippen molar-refractivity contribution in [2.75, 3.05) is 25.5 Å². The lowest BCUT2D eigenvalue weighted by molar-refractivity contribution is 0.237. The van der Waals surface area contributed by atoms with E-state index in [9.17, 15) is 13.2 Å². The lowest BCUT2D eigenvalue weighted by atomic mass is 9.89. The van der Waals surface area contributed by atoms with E-state index >= 15 is 0 Å².